The molecule has 9 nitrogen and oxygen atoms in total. The summed E-state index contributed by atoms with van der Waals surface area (Å²) in [5, 5.41) is 12.1. The predicted octanol–water partition coefficient (Wildman–Crippen LogP) is 2.98. The van der Waals surface area contributed by atoms with E-state index in [9.17, 15) is 14.4 Å². The highest BCUT2D eigenvalue weighted by Gasteiger charge is 2.55. The Morgan fingerprint density at radius 3 is 2.58 bits per heavy atom. The molecule has 2 aromatic carbocycles. The number of fused-ring (bicyclic) bond motifs is 1. The van der Waals surface area contributed by atoms with E-state index in [4.69, 9.17) is 16.3 Å². The van der Waals surface area contributed by atoms with Crippen molar-refractivity contribution in [3.8, 4) is 5.75 Å². The van der Waals surface area contributed by atoms with E-state index >= 15 is 0 Å². The van der Waals surface area contributed by atoms with Crippen molar-refractivity contribution in [1.82, 2.24) is 5.01 Å². The summed E-state index contributed by atoms with van der Waals surface area (Å²) in [6.07, 6.45) is 0. The Morgan fingerprint density at radius 1 is 1.16 bits per heavy atom. The molecule has 0 spiro atoms. The lowest BCUT2D eigenvalue weighted by molar-refractivity contribution is -0.123. The van der Waals surface area contributed by atoms with Gasteiger partial charge in [-0.3, -0.25) is 19.4 Å². The molecule has 2 atom stereocenters. The smallest absolute Gasteiger partial charge is 0.263 e. The van der Waals surface area contributed by atoms with Crippen molar-refractivity contribution in [1.29, 1.82) is 0 Å². The normalized spacial score (nSPS) is 19.7. The number of hydrogen-bond acceptors (Lipinski definition) is 7. The van der Waals surface area contributed by atoms with Gasteiger partial charge in [0.25, 0.3) is 11.8 Å². The molecular weight excluding hydrogens is 422 g/mol. The molecule has 2 aliphatic rings. The Balaban J connectivity index is 1.47. The Hall–Kier alpha value is -3.46. The zero-order chi connectivity index (χ0) is 22.1. The van der Waals surface area contributed by atoms with Crippen LogP contribution in [0.15, 0.2) is 52.8 Å². The maximum Gasteiger partial charge on any atom is 0.263 e. The summed E-state index contributed by atoms with van der Waals surface area (Å²) < 4.78 is 5.39. The van der Waals surface area contributed by atoms with Crippen molar-refractivity contribution in [3.63, 3.8) is 0 Å². The van der Waals surface area contributed by atoms with E-state index in [2.05, 4.69) is 15.7 Å². The number of ether oxygens (including phenoxy) is 1. The van der Waals surface area contributed by atoms with E-state index in [-0.39, 0.29) is 6.54 Å². The molecule has 3 amide bonds. The average Bonchev–Trinajstić information content (AvgIpc) is 3.25. The van der Waals surface area contributed by atoms with E-state index in [0.717, 1.165) is 10.5 Å². The monoisotopic (exact) mass is 441 g/mol. The fourth-order valence-corrected chi connectivity index (χ4v) is 3.81. The predicted molar refractivity (Wildman–Crippen MR) is 114 cm³/mol. The first kappa shape index (κ1) is 20.8. The molecule has 4 rings (SSSR count). The van der Waals surface area contributed by atoms with Crippen LogP contribution in [0.4, 0.5) is 11.4 Å². The van der Waals surface area contributed by atoms with Crippen LogP contribution >= 0.6 is 11.6 Å². The minimum Gasteiger partial charge on any atom is -0.494 e. The summed E-state index contributed by atoms with van der Waals surface area (Å²) in [6, 6.07) is 9.95. The second-order valence-corrected chi connectivity index (χ2v) is 7.57. The fraction of sp³-hybridized carbons (Fsp3) is 0.286. The first-order valence-corrected chi connectivity index (χ1v) is 10.1. The fourth-order valence-electron chi connectivity index (χ4n) is 3.52. The number of benzene rings is 2. The molecule has 160 valence electrons. The number of rotatable bonds is 6. The van der Waals surface area contributed by atoms with E-state index in [1.165, 1.54) is 5.01 Å². The molecule has 2 aliphatic heterocycles. The number of nitrogens with one attached hydrogen (secondary N) is 1. The van der Waals surface area contributed by atoms with E-state index in [1.54, 1.807) is 36.4 Å². The molecule has 1 N–H and O–H groups in total. The number of halogens is 1. The van der Waals surface area contributed by atoms with Gasteiger partial charge in [0.2, 0.25) is 5.91 Å². The molecule has 31 heavy (non-hydrogen) atoms. The highest BCUT2D eigenvalue weighted by atomic mass is 35.5. The van der Waals surface area contributed by atoms with Crippen LogP contribution in [-0.4, -0.2) is 48.0 Å². The molecule has 0 aliphatic carbocycles. The molecule has 0 bridgehead atoms. The van der Waals surface area contributed by atoms with Gasteiger partial charge in [-0.05, 0) is 55.8 Å². The topological polar surface area (TPSA) is 104 Å². The molecule has 0 saturated carbocycles. The van der Waals surface area contributed by atoms with Crippen LogP contribution < -0.4 is 15.0 Å². The molecular formula is C21H20ClN5O4. The SMILES string of the molecule is CCOc1ccc(N2C(=O)[C@@H]3N=NN(CC(=O)Nc4ccc(C)cc4Cl)[C@H]3C2=O)cc1. The van der Waals surface area contributed by atoms with E-state index < -0.39 is 29.8 Å². The number of nitrogens with zero attached hydrogens (tertiary/aromatic N) is 4. The molecule has 0 aromatic heterocycles. The van der Waals surface area contributed by atoms with Gasteiger partial charge in [0, 0.05) is 0 Å². The zero-order valence-electron chi connectivity index (χ0n) is 16.9. The molecule has 2 aromatic rings. The number of hydrogen-bond donors (Lipinski definition) is 1. The Labute approximate surface area is 183 Å². The van der Waals surface area contributed by atoms with Gasteiger partial charge in [-0.2, -0.15) is 5.11 Å². The maximum absolute atomic E-state index is 13.0. The second kappa shape index (κ2) is 8.35. The highest BCUT2D eigenvalue weighted by Crippen LogP contribution is 2.32. The van der Waals surface area contributed by atoms with Crippen molar-refractivity contribution in [2.75, 3.05) is 23.4 Å². The lowest BCUT2D eigenvalue weighted by atomic mass is 10.1. The van der Waals surface area contributed by atoms with Crippen LogP contribution in [0.5, 0.6) is 5.75 Å². The Morgan fingerprint density at radius 2 is 1.90 bits per heavy atom. The number of anilines is 2. The Kier molecular flexibility index (Phi) is 5.60. The van der Waals surface area contributed by atoms with Gasteiger partial charge < -0.3 is 10.1 Å². The van der Waals surface area contributed by atoms with Gasteiger partial charge in [0.05, 0.1) is 23.0 Å². The van der Waals surface area contributed by atoms with Crippen LogP contribution in [0.25, 0.3) is 0 Å². The average molecular weight is 442 g/mol. The molecule has 1 fully saturated rings. The largest absolute Gasteiger partial charge is 0.494 e. The molecule has 0 radical (unpaired) electrons. The van der Waals surface area contributed by atoms with Crippen molar-refractivity contribution >= 4 is 40.7 Å². The number of amides is 3. The van der Waals surface area contributed by atoms with Crippen molar-refractivity contribution in [3.05, 3.63) is 53.1 Å². The quantitative estimate of drug-likeness (QED) is 0.694. The Bertz CT molecular complexity index is 1070. The van der Waals surface area contributed by atoms with E-state index in [1.807, 2.05) is 19.9 Å². The standard InChI is InChI=1S/C21H20ClN5O4/c1-3-31-14-7-5-13(6-8-14)27-20(29)18-19(21(27)30)26(25-24-18)11-17(28)23-16-9-4-12(2)10-15(16)22/h4-10,18-19H,3,11H2,1-2H3,(H,23,28)/t18-,19-/m1/s1. The van der Waals surface area contributed by atoms with Gasteiger partial charge in [0.1, 0.15) is 12.3 Å². The van der Waals surface area contributed by atoms with Crippen LogP contribution in [0.1, 0.15) is 12.5 Å². The van der Waals surface area contributed by atoms with Crippen LogP contribution in [0.2, 0.25) is 5.02 Å². The molecule has 1 saturated heterocycles. The van der Waals surface area contributed by atoms with Crippen molar-refractivity contribution in [2.24, 2.45) is 10.3 Å². The lowest BCUT2D eigenvalue weighted by Crippen LogP contribution is -2.43. The lowest BCUT2D eigenvalue weighted by Gasteiger charge is -2.20. The first-order chi connectivity index (χ1) is 14.9. The van der Waals surface area contributed by atoms with E-state index in [0.29, 0.717) is 28.8 Å². The third-order valence-electron chi connectivity index (χ3n) is 4.97. The summed E-state index contributed by atoms with van der Waals surface area (Å²) in [6.45, 7) is 4.02. The number of carbonyl (C=O) groups is 3. The van der Waals surface area contributed by atoms with Gasteiger partial charge >= 0.3 is 0 Å². The van der Waals surface area contributed by atoms with Crippen LogP contribution in [0, 0.1) is 6.92 Å². The first-order valence-electron chi connectivity index (χ1n) is 9.73. The molecule has 2 heterocycles. The third kappa shape index (κ3) is 3.96. The van der Waals surface area contributed by atoms with Crippen molar-refractivity contribution < 1.29 is 19.1 Å². The van der Waals surface area contributed by atoms with Gasteiger partial charge in [-0.25, -0.2) is 4.90 Å². The summed E-state index contributed by atoms with van der Waals surface area (Å²) in [4.78, 5) is 39.4. The minimum absolute atomic E-state index is 0.245. The molecule has 10 heteroatoms. The summed E-state index contributed by atoms with van der Waals surface area (Å²) in [7, 11) is 0. The highest BCUT2D eigenvalue weighted by molar-refractivity contribution is 6.33. The van der Waals surface area contributed by atoms with Gasteiger partial charge in [-0.1, -0.05) is 22.9 Å². The van der Waals surface area contributed by atoms with Gasteiger partial charge in [-0.15, -0.1) is 0 Å². The van der Waals surface area contributed by atoms with Crippen LogP contribution in [0.3, 0.4) is 0 Å². The van der Waals surface area contributed by atoms with Crippen molar-refractivity contribution in [2.45, 2.75) is 25.9 Å². The summed E-state index contributed by atoms with van der Waals surface area (Å²) in [5.41, 5.74) is 1.83. The minimum atomic E-state index is -0.977. The molecule has 0 unspecified atom stereocenters. The maximum atomic E-state index is 13.0. The zero-order valence-corrected chi connectivity index (χ0v) is 17.7. The summed E-state index contributed by atoms with van der Waals surface area (Å²) >= 11 is 6.15. The number of carbonyl (C=O) groups excluding carboxylic acids is 3. The second-order valence-electron chi connectivity index (χ2n) is 7.16. The number of imide groups is 1. The van der Waals surface area contributed by atoms with Gasteiger partial charge in [0.15, 0.2) is 12.1 Å². The number of aryl methyl sites for hydroxylation is 1. The summed E-state index contributed by atoms with van der Waals surface area (Å²) in [5.74, 6) is -0.749. The van der Waals surface area contributed by atoms with Crippen LogP contribution in [-0.2, 0) is 14.4 Å². The third-order valence-corrected chi connectivity index (χ3v) is 5.28.